The van der Waals surface area contributed by atoms with Gasteiger partial charge in [-0.3, -0.25) is 0 Å². The van der Waals surface area contributed by atoms with Crippen LogP contribution in [0.4, 0.5) is 0 Å². The summed E-state index contributed by atoms with van der Waals surface area (Å²) in [4.78, 5) is 3.00. The van der Waals surface area contributed by atoms with Crippen molar-refractivity contribution >= 4 is 16.6 Å². The van der Waals surface area contributed by atoms with Crippen LogP contribution in [-0.4, -0.2) is 29.4 Å². The molecular formula is C10H15NOS. The van der Waals surface area contributed by atoms with Crippen molar-refractivity contribution < 1.29 is 4.55 Å². The lowest BCUT2D eigenvalue weighted by Gasteiger charge is -2.09. The zero-order valence-corrected chi connectivity index (χ0v) is 8.84. The lowest BCUT2D eigenvalue weighted by atomic mass is 10.2. The summed E-state index contributed by atoms with van der Waals surface area (Å²) in [5.41, 5.74) is 1.25. The molecule has 0 spiro atoms. The molecule has 0 bridgehead atoms. The molecule has 0 heterocycles. The predicted molar refractivity (Wildman–Crippen MR) is 59.4 cm³/mol. The summed E-state index contributed by atoms with van der Waals surface area (Å²) in [5, 5.41) is 0. The van der Waals surface area contributed by atoms with Crippen LogP contribution in [0.25, 0.3) is 0 Å². The standard InChI is InChI=1S/C10H15NOS/c1-11(2)8-9-4-6-10(7-5-9)13(3)12/h4-7,12H,3,8H2,1-2H3. The second kappa shape index (κ2) is 4.56. The minimum absolute atomic E-state index is 0.864. The third kappa shape index (κ3) is 3.30. The van der Waals surface area contributed by atoms with Crippen molar-refractivity contribution in [3.05, 3.63) is 29.8 Å². The van der Waals surface area contributed by atoms with E-state index in [0.717, 1.165) is 11.4 Å². The van der Waals surface area contributed by atoms with E-state index in [1.54, 1.807) is 0 Å². The van der Waals surface area contributed by atoms with Crippen LogP contribution in [0.1, 0.15) is 5.56 Å². The van der Waals surface area contributed by atoms with E-state index in [1.807, 2.05) is 38.4 Å². The molecule has 0 saturated carbocycles. The second-order valence-corrected chi connectivity index (χ2v) is 4.45. The molecular weight excluding hydrogens is 182 g/mol. The van der Waals surface area contributed by atoms with E-state index >= 15 is 0 Å². The van der Waals surface area contributed by atoms with Crippen molar-refractivity contribution in [2.24, 2.45) is 0 Å². The normalized spacial score (nSPS) is 13.2. The Kier molecular flexibility index (Phi) is 3.66. The van der Waals surface area contributed by atoms with Crippen molar-refractivity contribution in [1.29, 1.82) is 0 Å². The Labute approximate surface area is 81.9 Å². The van der Waals surface area contributed by atoms with Crippen LogP contribution in [0, 0.1) is 0 Å². The van der Waals surface area contributed by atoms with Gasteiger partial charge in [-0.15, -0.1) is 0 Å². The molecule has 2 nitrogen and oxygen atoms in total. The molecule has 0 aliphatic heterocycles. The highest BCUT2D eigenvalue weighted by molar-refractivity contribution is 8.09. The fourth-order valence-electron chi connectivity index (χ4n) is 1.12. The van der Waals surface area contributed by atoms with E-state index < -0.39 is 10.8 Å². The van der Waals surface area contributed by atoms with Crippen LogP contribution in [-0.2, 0) is 6.54 Å². The van der Waals surface area contributed by atoms with Gasteiger partial charge in [0.05, 0.1) is 0 Å². The van der Waals surface area contributed by atoms with E-state index in [2.05, 4.69) is 10.8 Å². The third-order valence-electron chi connectivity index (χ3n) is 1.69. The largest absolute Gasteiger partial charge is 0.333 e. The van der Waals surface area contributed by atoms with Gasteiger partial charge in [0, 0.05) is 11.4 Å². The zero-order valence-electron chi connectivity index (χ0n) is 8.03. The summed E-state index contributed by atoms with van der Waals surface area (Å²) >= 11 is 0. The molecule has 0 radical (unpaired) electrons. The van der Waals surface area contributed by atoms with Gasteiger partial charge in [0.2, 0.25) is 0 Å². The Bertz CT molecular complexity index is 292. The summed E-state index contributed by atoms with van der Waals surface area (Å²) in [6.07, 6.45) is 0. The predicted octanol–water partition coefficient (Wildman–Crippen LogP) is 2.28. The third-order valence-corrected chi connectivity index (χ3v) is 2.51. The first-order chi connectivity index (χ1) is 6.09. The molecule has 0 fully saturated rings. The lowest BCUT2D eigenvalue weighted by Crippen LogP contribution is -2.10. The lowest BCUT2D eigenvalue weighted by molar-refractivity contribution is 0.402. The summed E-state index contributed by atoms with van der Waals surface area (Å²) in [5.74, 6) is 3.57. The molecule has 0 aliphatic rings. The molecule has 1 rings (SSSR count). The highest BCUT2D eigenvalue weighted by Gasteiger charge is 1.96. The molecule has 72 valence electrons. The first-order valence-electron chi connectivity index (χ1n) is 4.06. The Balaban J connectivity index is 2.75. The first-order valence-corrected chi connectivity index (χ1v) is 5.41. The molecule has 0 amide bonds. The second-order valence-electron chi connectivity index (χ2n) is 3.25. The maximum Gasteiger partial charge on any atom is 0.0264 e. The maximum absolute atomic E-state index is 9.20. The molecule has 1 atom stereocenters. The van der Waals surface area contributed by atoms with E-state index in [1.165, 1.54) is 5.56 Å². The SMILES string of the molecule is C=S(O)c1ccc(CN(C)C)cc1. The van der Waals surface area contributed by atoms with Crippen LogP contribution in [0.3, 0.4) is 0 Å². The average molecular weight is 197 g/mol. The number of hydrogen-bond donors (Lipinski definition) is 1. The van der Waals surface area contributed by atoms with E-state index in [4.69, 9.17) is 0 Å². The van der Waals surface area contributed by atoms with Crippen LogP contribution in [0.2, 0.25) is 0 Å². The number of nitrogens with zero attached hydrogens (tertiary/aromatic N) is 1. The van der Waals surface area contributed by atoms with Gasteiger partial charge in [-0.25, -0.2) is 0 Å². The van der Waals surface area contributed by atoms with Gasteiger partial charge < -0.3 is 9.45 Å². The average Bonchev–Trinajstić information content (AvgIpc) is 2.04. The van der Waals surface area contributed by atoms with Crippen LogP contribution in [0.5, 0.6) is 0 Å². The first kappa shape index (κ1) is 10.4. The van der Waals surface area contributed by atoms with Gasteiger partial charge in [-0.1, -0.05) is 12.1 Å². The van der Waals surface area contributed by atoms with Crippen molar-refractivity contribution in [3.8, 4) is 0 Å². The monoisotopic (exact) mass is 197 g/mol. The zero-order chi connectivity index (χ0) is 9.84. The highest BCUT2D eigenvalue weighted by Crippen LogP contribution is 2.20. The molecule has 3 heteroatoms. The molecule has 13 heavy (non-hydrogen) atoms. The molecule has 0 aliphatic carbocycles. The Morgan fingerprint density at radius 2 is 1.85 bits per heavy atom. The van der Waals surface area contributed by atoms with Crippen molar-refractivity contribution in [3.63, 3.8) is 0 Å². The van der Waals surface area contributed by atoms with Gasteiger partial charge in [-0.05, 0) is 48.4 Å². The van der Waals surface area contributed by atoms with Crippen molar-refractivity contribution in [1.82, 2.24) is 4.90 Å². The topological polar surface area (TPSA) is 23.5 Å². The molecule has 0 saturated heterocycles. The molecule has 1 N–H and O–H groups in total. The highest BCUT2D eigenvalue weighted by atomic mass is 32.2. The van der Waals surface area contributed by atoms with E-state index in [-0.39, 0.29) is 0 Å². The molecule has 0 aromatic heterocycles. The van der Waals surface area contributed by atoms with Gasteiger partial charge in [0.15, 0.2) is 0 Å². The van der Waals surface area contributed by atoms with Crippen LogP contribution in [0.15, 0.2) is 29.2 Å². The van der Waals surface area contributed by atoms with Crippen LogP contribution >= 0.6 is 10.8 Å². The van der Waals surface area contributed by atoms with Gasteiger partial charge in [-0.2, -0.15) is 0 Å². The minimum Gasteiger partial charge on any atom is -0.333 e. The summed E-state index contributed by atoms with van der Waals surface area (Å²) in [6, 6.07) is 7.90. The van der Waals surface area contributed by atoms with Gasteiger partial charge in [0.25, 0.3) is 0 Å². The Morgan fingerprint density at radius 1 is 1.31 bits per heavy atom. The van der Waals surface area contributed by atoms with E-state index in [9.17, 15) is 4.55 Å². The molecule has 1 aromatic rings. The number of hydrogen-bond acceptors (Lipinski definition) is 2. The smallest absolute Gasteiger partial charge is 0.0264 e. The number of rotatable bonds is 3. The van der Waals surface area contributed by atoms with Gasteiger partial charge >= 0.3 is 0 Å². The summed E-state index contributed by atoms with van der Waals surface area (Å²) < 4.78 is 9.20. The van der Waals surface area contributed by atoms with E-state index in [0.29, 0.717) is 0 Å². The van der Waals surface area contributed by atoms with Crippen molar-refractivity contribution in [2.75, 3.05) is 14.1 Å². The summed E-state index contributed by atoms with van der Waals surface area (Å²) in [6.45, 7) is 0.927. The minimum atomic E-state index is -0.864. The Morgan fingerprint density at radius 3 is 2.23 bits per heavy atom. The summed E-state index contributed by atoms with van der Waals surface area (Å²) in [7, 11) is 3.20. The quantitative estimate of drug-likeness (QED) is 0.751. The molecule has 1 unspecified atom stereocenters. The Hall–Kier alpha value is -0.640. The fourth-order valence-corrected chi connectivity index (χ4v) is 1.57. The fraction of sp³-hybridized carbons (Fsp3) is 0.300. The number of benzene rings is 1. The molecule has 1 aromatic carbocycles. The van der Waals surface area contributed by atoms with Crippen LogP contribution < -0.4 is 0 Å². The van der Waals surface area contributed by atoms with Gasteiger partial charge in [0.1, 0.15) is 0 Å². The van der Waals surface area contributed by atoms with Crippen molar-refractivity contribution in [2.45, 2.75) is 11.4 Å². The maximum atomic E-state index is 9.20.